The molecule has 4 rings (SSSR count). The Kier molecular flexibility index (Phi) is 5.10. The zero-order valence-corrected chi connectivity index (χ0v) is 15.2. The molecule has 1 aromatic heterocycles. The van der Waals surface area contributed by atoms with Gasteiger partial charge in [-0.2, -0.15) is 0 Å². The Labute approximate surface area is 160 Å². The van der Waals surface area contributed by atoms with E-state index in [-0.39, 0.29) is 42.7 Å². The number of amides is 1. The summed E-state index contributed by atoms with van der Waals surface area (Å²) in [5.41, 5.74) is 6.38. The molecule has 2 aromatic rings. The molecule has 3 N–H and O–H groups in total. The summed E-state index contributed by atoms with van der Waals surface area (Å²) in [6.07, 6.45) is 2.37. The number of aromatic amines is 1. The minimum atomic E-state index is -0.519. The van der Waals surface area contributed by atoms with Crippen LogP contribution in [0.5, 0.6) is 0 Å². The minimum absolute atomic E-state index is 0.0403. The number of aromatic nitrogens is 2. The van der Waals surface area contributed by atoms with Gasteiger partial charge < -0.3 is 9.47 Å². The van der Waals surface area contributed by atoms with E-state index in [9.17, 15) is 18.8 Å². The van der Waals surface area contributed by atoms with Gasteiger partial charge in [0.1, 0.15) is 5.82 Å². The number of aryl methyl sites for hydroxylation is 1. The van der Waals surface area contributed by atoms with E-state index in [1.54, 1.807) is 11.0 Å². The zero-order valence-electron chi connectivity index (χ0n) is 15.2. The quantitative estimate of drug-likeness (QED) is 0.693. The maximum Gasteiger partial charge on any atom is 0.328 e. The summed E-state index contributed by atoms with van der Waals surface area (Å²) in [6, 6.07) is 7.92. The highest BCUT2D eigenvalue weighted by molar-refractivity contribution is 5.76. The average Bonchev–Trinajstić information content (AvgIpc) is 3.10. The van der Waals surface area contributed by atoms with Crippen molar-refractivity contribution in [3.63, 3.8) is 0 Å². The number of piperidine rings is 1. The standard InChI is InChI=1S/C19H22FN5O3/c20-13-3-1-2-12(10-13)18-14-11-25(7-4-15(14)22-23-18)17(27)6-9-24-8-5-16(26)21-19(24)28/h1-3,5,8,10,14-15,18,22-23H,4,6-7,9,11H2,(H,21,26,28). The Hall–Kier alpha value is -2.78. The van der Waals surface area contributed by atoms with Crippen LogP contribution in [0, 0.1) is 11.7 Å². The molecule has 1 amide bonds. The van der Waals surface area contributed by atoms with Crippen LogP contribution in [0.2, 0.25) is 0 Å². The molecule has 1 aromatic carbocycles. The van der Waals surface area contributed by atoms with Crippen molar-refractivity contribution in [2.24, 2.45) is 5.92 Å². The van der Waals surface area contributed by atoms with Gasteiger partial charge in [-0.1, -0.05) is 12.1 Å². The van der Waals surface area contributed by atoms with Gasteiger partial charge in [-0.05, 0) is 24.1 Å². The number of carbonyl (C=O) groups is 1. The van der Waals surface area contributed by atoms with E-state index in [1.807, 2.05) is 6.07 Å². The summed E-state index contributed by atoms with van der Waals surface area (Å²) < 4.78 is 14.9. The van der Waals surface area contributed by atoms with E-state index in [2.05, 4.69) is 15.8 Å². The molecule has 28 heavy (non-hydrogen) atoms. The van der Waals surface area contributed by atoms with Crippen molar-refractivity contribution in [1.29, 1.82) is 0 Å². The number of benzene rings is 1. The van der Waals surface area contributed by atoms with Crippen LogP contribution in [0.25, 0.3) is 0 Å². The molecule has 8 nitrogen and oxygen atoms in total. The highest BCUT2D eigenvalue weighted by Crippen LogP contribution is 2.34. The normalized spacial score (nSPS) is 24.2. The molecule has 3 atom stereocenters. The van der Waals surface area contributed by atoms with Crippen LogP contribution in [0.15, 0.2) is 46.1 Å². The van der Waals surface area contributed by atoms with E-state index in [0.717, 1.165) is 12.0 Å². The van der Waals surface area contributed by atoms with Crippen molar-refractivity contribution in [3.05, 3.63) is 68.7 Å². The number of hydrogen-bond donors (Lipinski definition) is 3. The Morgan fingerprint density at radius 3 is 2.86 bits per heavy atom. The SMILES string of the molecule is O=C(CCn1ccc(=O)[nH]c1=O)N1CCC2NNC(c3cccc(F)c3)C2C1. The molecule has 3 unspecified atom stereocenters. The highest BCUT2D eigenvalue weighted by Gasteiger charge is 2.41. The second kappa shape index (κ2) is 7.69. The lowest BCUT2D eigenvalue weighted by Gasteiger charge is -2.36. The molecular formula is C19H22FN5O3. The van der Waals surface area contributed by atoms with Crippen LogP contribution in [0.1, 0.15) is 24.4 Å². The summed E-state index contributed by atoms with van der Waals surface area (Å²) in [6.45, 7) is 1.40. The second-order valence-corrected chi connectivity index (χ2v) is 7.27. The Balaban J connectivity index is 1.41. The number of rotatable bonds is 4. The monoisotopic (exact) mass is 387 g/mol. The Morgan fingerprint density at radius 2 is 2.07 bits per heavy atom. The first-order valence-corrected chi connectivity index (χ1v) is 9.35. The van der Waals surface area contributed by atoms with Crippen LogP contribution < -0.4 is 22.1 Å². The van der Waals surface area contributed by atoms with Gasteiger partial charge >= 0.3 is 5.69 Å². The van der Waals surface area contributed by atoms with E-state index >= 15 is 0 Å². The van der Waals surface area contributed by atoms with Gasteiger partial charge in [-0.3, -0.25) is 20.0 Å². The van der Waals surface area contributed by atoms with Gasteiger partial charge in [0, 0.05) is 50.3 Å². The zero-order chi connectivity index (χ0) is 19.7. The fourth-order valence-corrected chi connectivity index (χ4v) is 4.05. The summed E-state index contributed by atoms with van der Waals surface area (Å²) in [5, 5.41) is 0. The predicted molar refractivity (Wildman–Crippen MR) is 99.8 cm³/mol. The summed E-state index contributed by atoms with van der Waals surface area (Å²) in [7, 11) is 0. The topological polar surface area (TPSA) is 99.2 Å². The van der Waals surface area contributed by atoms with Crippen LogP contribution in [-0.2, 0) is 11.3 Å². The van der Waals surface area contributed by atoms with E-state index in [1.165, 1.54) is 29.0 Å². The summed E-state index contributed by atoms with van der Waals surface area (Å²) >= 11 is 0. The molecule has 0 radical (unpaired) electrons. The fourth-order valence-electron chi connectivity index (χ4n) is 4.05. The number of halogens is 1. The third kappa shape index (κ3) is 3.76. The van der Waals surface area contributed by atoms with Crippen LogP contribution in [0.4, 0.5) is 4.39 Å². The third-order valence-electron chi connectivity index (χ3n) is 5.53. The first-order valence-electron chi connectivity index (χ1n) is 9.35. The lowest BCUT2D eigenvalue weighted by molar-refractivity contribution is -0.133. The van der Waals surface area contributed by atoms with Crippen molar-refractivity contribution in [2.75, 3.05) is 13.1 Å². The fraction of sp³-hybridized carbons (Fsp3) is 0.421. The third-order valence-corrected chi connectivity index (χ3v) is 5.53. The van der Waals surface area contributed by atoms with Crippen molar-refractivity contribution >= 4 is 5.91 Å². The Bertz CT molecular complexity index is 988. The highest BCUT2D eigenvalue weighted by atomic mass is 19.1. The number of nitrogens with zero attached hydrogens (tertiary/aromatic N) is 2. The summed E-state index contributed by atoms with van der Waals surface area (Å²) in [4.78, 5) is 39.5. The maximum atomic E-state index is 13.6. The molecule has 2 saturated heterocycles. The molecule has 2 aliphatic rings. The van der Waals surface area contributed by atoms with Gasteiger partial charge in [0.05, 0.1) is 6.04 Å². The van der Waals surface area contributed by atoms with Crippen molar-refractivity contribution in [1.82, 2.24) is 25.3 Å². The number of carbonyl (C=O) groups excluding carboxylic acids is 1. The number of H-pyrrole nitrogens is 1. The van der Waals surface area contributed by atoms with Gasteiger partial charge in [0.15, 0.2) is 0 Å². The van der Waals surface area contributed by atoms with Crippen molar-refractivity contribution < 1.29 is 9.18 Å². The number of fused-ring (bicyclic) bond motifs is 1. The van der Waals surface area contributed by atoms with Gasteiger partial charge in [0.2, 0.25) is 5.91 Å². The lowest BCUT2D eigenvalue weighted by atomic mass is 9.85. The van der Waals surface area contributed by atoms with Crippen LogP contribution in [-0.4, -0.2) is 39.5 Å². The van der Waals surface area contributed by atoms with Crippen LogP contribution in [0.3, 0.4) is 0 Å². The molecule has 9 heteroatoms. The van der Waals surface area contributed by atoms with E-state index in [4.69, 9.17) is 0 Å². The van der Waals surface area contributed by atoms with Crippen molar-refractivity contribution in [2.45, 2.75) is 31.5 Å². The van der Waals surface area contributed by atoms with Gasteiger partial charge in [-0.15, -0.1) is 0 Å². The molecule has 0 aliphatic carbocycles. The largest absolute Gasteiger partial charge is 0.342 e. The van der Waals surface area contributed by atoms with Gasteiger partial charge in [-0.25, -0.2) is 14.6 Å². The average molecular weight is 387 g/mol. The molecule has 3 heterocycles. The van der Waals surface area contributed by atoms with E-state index in [0.29, 0.717) is 13.1 Å². The van der Waals surface area contributed by atoms with Gasteiger partial charge in [0.25, 0.3) is 5.56 Å². The molecule has 0 spiro atoms. The molecule has 0 bridgehead atoms. The molecule has 0 saturated carbocycles. The molecule has 2 fully saturated rings. The number of nitrogens with one attached hydrogen (secondary N) is 3. The number of likely N-dealkylation sites (tertiary alicyclic amines) is 1. The second-order valence-electron chi connectivity index (χ2n) is 7.27. The van der Waals surface area contributed by atoms with Crippen molar-refractivity contribution in [3.8, 4) is 0 Å². The molecule has 148 valence electrons. The predicted octanol–water partition coefficient (Wildman–Crippen LogP) is 0.132. The number of hydrazine groups is 1. The first-order chi connectivity index (χ1) is 13.5. The Morgan fingerprint density at radius 1 is 1.21 bits per heavy atom. The maximum absolute atomic E-state index is 13.6. The molecular weight excluding hydrogens is 365 g/mol. The smallest absolute Gasteiger partial charge is 0.328 e. The number of hydrogen-bond acceptors (Lipinski definition) is 5. The van der Waals surface area contributed by atoms with Crippen LogP contribution >= 0.6 is 0 Å². The molecule has 2 aliphatic heterocycles. The first kappa shape index (κ1) is 18.6. The summed E-state index contributed by atoms with van der Waals surface area (Å²) in [5.74, 6) is -0.186. The lowest BCUT2D eigenvalue weighted by Crippen LogP contribution is -2.48. The minimum Gasteiger partial charge on any atom is -0.342 e. The van der Waals surface area contributed by atoms with E-state index < -0.39 is 11.2 Å².